The van der Waals surface area contributed by atoms with Crippen LogP contribution in [0, 0.1) is 13.8 Å². The quantitative estimate of drug-likeness (QED) is 0.444. The van der Waals surface area contributed by atoms with Crippen LogP contribution in [0.2, 0.25) is 0 Å². The van der Waals surface area contributed by atoms with E-state index in [4.69, 9.17) is 9.47 Å². The Morgan fingerprint density at radius 2 is 1.67 bits per heavy atom. The highest BCUT2D eigenvalue weighted by molar-refractivity contribution is 9.10. The van der Waals surface area contributed by atoms with Crippen molar-refractivity contribution in [3.63, 3.8) is 0 Å². The molecule has 156 valence electrons. The second kappa shape index (κ2) is 10.2. The standard InChI is InChI=1S/C24H25BrN2O3/c1-16-4-6-20(12-17(16)2)26-14-18-5-11-23(22(25)13-18)30-15-24(28)27-19-7-9-21(29-3)10-8-19/h4-13,26H,14-15H2,1-3H3,(H,27,28). The van der Waals surface area contributed by atoms with Crippen LogP contribution in [-0.4, -0.2) is 19.6 Å². The highest BCUT2D eigenvalue weighted by atomic mass is 79.9. The second-order valence-corrected chi connectivity index (χ2v) is 7.84. The molecular formula is C24H25BrN2O3. The molecule has 1 amide bonds. The second-order valence-electron chi connectivity index (χ2n) is 6.98. The Hall–Kier alpha value is -2.99. The molecule has 3 aromatic carbocycles. The number of ether oxygens (including phenoxy) is 2. The number of methoxy groups -OCH3 is 1. The van der Waals surface area contributed by atoms with Crippen LogP contribution in [0.4, 0.5) is 11.4 Å². The molecule has 0 aliphatic carbocycles. The molecule has 5 nitrogen and oxygen atoms in total. The predicted molar refractivity (Wildman–Crippen MR) is 125 cm³/mol. The number of carbonyl (C=O) groups excluding carboxylic acids is 1. The molecule has 0 aliphatic heterocycles. The molecule has 30 heavy (non-hydrogen) atoms. The molecule has 0 aliphatic rings. The summed E-state index contributed by atoms with van der Waals surface area (Å²) in [6.45, 7) is 4.82. The maximum Gasteiger partial charge on any atom is 0.262 e. The molecule has 0 unspecified atom stereocenters. The average molecular weight is 469 g/mol. The van der Waals surface area contributed by atoms with E-state index in [0.29, 0.717) is 18.0 Å². The third-order valence-electron chi connectivity index (χ3n) is 4.73. The molecule has 0 saturated carbocycles. The minimum Gasteiger partial charge on any atom is -0.497 e. The van der Waals surface area contributed by atoms with Crippen molar-refractivity contribution in [3.8, 4) is 11.5 Å². The molecule has 3 aromatic rings. The number of hydrogen-bond donors (Lipinski definition) is 2. The molecule has 0 bridgehead atoms. The summed E-state index contributed by atoms with van der Waals surface area (Å²) in [5.41, 5.74) is 5.43. The molecule has 0 fully saturated rings. The Labute approximate surface area is 185 Å². The number of nitrogens with one attached hydrogen (secondary N) is 2. The maximum atomic E-state index is 12.1. The van der Waals surface area contributed by atoms with Gasteiger partial charge in [-0.05, 0) is 95.0 Å². The van der Waals surface area contributed by atoms with Gasteiger partial charge in [0.15, 0.2) is 6.61 Å². The van der Waals surface area contributed by atoms with Crippen molar-refractivity contribution >= 4 is 33.2 Å². The van der Waals surface area contributed by atoms with Crippen LogP contribution in [-0.2, 0) is 11.3 Å². The zero-order valence-electron chi connectivity index (χ0n) is 17.3. The Balaban J connectivity index is 1.51. The maximum absolute atomic E-state index is 12.1. The smallest absolute Gasteiger partial charge is 0.262 e. The fraction of sp³-hybridized carbons (Fsp3) is 0.208. The molecule has 0 atom stereocenters. The summed E-state index contributed by atoms with van der Waals surface area (Å²) in [7, 11) is 1.60. The summed E-state index contributed by atoms with van der Waals surface area (Å²) in [5.74, 6) is 1.13. The van der Waals surface area contributed by atoms with Gasteiger partial charge in [0.1, 0.15) is 11.5 Å². The highest BCUT2D eigenvalue weighted by Gasteiger charge is 2.08. The summed E-state index contributed by atoms with van der Waals surface area (Å²) in [5, 5.41) is 6.22. The van der Waals surface area contributed by atoms with E-state index in [1.807, 2.05) is 18.2 Å². The van der Waals surface area contributed by atoms with E-state index in [-0.39, 0.29) is 12.5 Å². The summed E-state index contributed by atoms with van der Waals surface area (Å²) in [6.07, 6.45) is 0. The molecule has 0 spiro atoms. The van der Waals surface area contributed by atoms with Gasteiger partial charge < -0.3 is 20.1 Å². The Morgan fingerprint density at radius 3 is 2.33 bits per heavy atom. The first kappa shape index (κ1) is 21.7. The normalized spacial score (nSPS) is 10.4. The first-order chi connectivity index (χ1) is 14.4. The molecule has 0 radical (unpaired) electrons. The van der Waals surface area contributed by atoms with Crippen LogP contribution < -0.4 is 20.1 Å². The third-order valence-corrected chi connectivity index (χ3v) is 5.35. The summed E-state index contributed by atoms with van der Waals surface area (Å²) in [6, 6.07) is 19.3. The number of aryl methyl sites for hydroxylation is 2. The number of halogens is 1. The van der Waals surface area contributed by atoms with Gasteiger partial charge in [0.05, 0.1) is 11.6 Å². The lowest BCUT2D eigenvalue weighted by molar-refractivity contribution is -0.118. The van der Waals surface area contributed by atoms with Crippen molar-refractivity contribution in [3.05, 3.63) is 81.8 Å². The van der Waals surface area contributed by atoms with Gasteiger partial charge in [-0.25, -0.2) is 0 Å². The van der Waals surface area contributed by atoms with Crippen LogP contribution >= 0.6 is 15.9 Å². The molecule has 6 heteroatoms. The van der Waals surface area contributed by atoms with Crippen LogP contribution in [0.5, 0.6) is 11.5 Å². The highest BCUT2D eigenvalue weighted by Crippen LogP contribution is 2.27. The van der Waals surface area contributed by atoms with Crippen molar-refractivity contribution < 1.29 is 14.3 Å². The fourth-order valence-corrected chi connectivity index (χ4v) is 3.38. The molecule has 0 saturated heterocycles. The van der Waals surface area contributed by atoms with E-state index in [1.54, 1.807) is 31.4 Å². The topological polar surface area (TPSA) is 59.6 Å². The van der Waals surface area contributed by atoms with E-state index in [0.717, 1.165) is 21.5 Å². The first-order valence-electron chi connectivity index (χ1n) is 9.61. The number of carbonyl (C=O) groups is 1. The Kier molecular flexibility index (Phi) is 7.36. The first-order valence-corrected chi connectivity index (χ1v) is 10.4. The Morgan fingerprint density at radius 1 is 0.933 bits per heavy atom. The van der Waals surface area contributed by atoms with E-state index >= 15 is 0 Å². The lowest BCUT2D eigenvalue weighted by Gasteiger charge is -2.12. The predicted octanol–water partition coefficient (Wildman–Crippen LogP) is 5.70. The lowest BCUT2D eigenvalue weighted by Crippen LogP contribution is -2.20. The van der Waals surface area contributed by atoms with E-state index in [2.05, 4.69) is 58.6 Å². The van der Waals surface area contributed by atoms with Crippen molar-refractivity contribution in [2.75, 3.05) is 24.4 Å². The van der Waals surface area contributed by atoms with Crippen LogP contribution in [0.15, 0.2) is 65.1 Å². The number of hydrogen-bond acceptors (Lipinski definition) is 4. The molecular weight excluding hydrogens is 444 g/mol. The van der Waals surface area contributed by atoms with E-state index in [9.17, 15) is 4.79 Å². The zero-order valence-corrected chi connectivity index (χ0v) is 18.9. The summed E-state index contributed by atoms with van der Waals surface area (Å²) >= 11 is 3.53. The SMILES string of the molecule is COc1ccc(NC(=O)COc2ccc(CNc3ccc(C)c(C)c3)cc2Br)cc1. The van der Waals surface area contributed by atoms with Gasteiger partial charge in [-0.1, -0.05) is 12.1 Å². The number of anilines is 2. The van der Waals surface area contributed by atoms with Gasteiger partial charge in [-0.15, -0.1) is 0 Å². The zero-order chi connectivity index (χ0) is 21.5. The molecule has 0 heterocycles. The minimum atomic E-state index is -0.229. The number of amides is 1. The largest absolute Gasteiger partial charge is 0.497 e. The van der Waals surface area contributed by atoms with Crippen molar-refractivity contribution in [1.82, 2.24) is 0 Å². The molecule has 0 aromatic heterocycles. The van der Waals surface area contributed by atoms with Gasteiger partial charge in [-0.2, -0.15) is 0 Å². The summed E-state index contributed by atoms with van der Waals surface area (Å²) in [4.78, 5) is 12.1. The van der Waals surface area contributed by atoms with Crippen molar-refractivity contribution in [2.45, 2.75) is 20.4 Å². The summed E-state index contributed by atoms with van der Waals surface area (Å²) < 4.78 is 11.6. The van der Waals surface area contributed by atoms with Gasteiger partial charge in [0, 0.05) is 17.9 Å². The number of benzene rings is 3. The van der Waals surface area contributed by atoms with Gasteiger partial charge in [0.2, 0.25) is 0 Å². The van der Waals surface area contributed by atoms with Crippen LogP contribution in [0.3, 0.4) is 0 Å². The van der Waals surface area contributed by atoms with Gasteiger partial charge in [0.25, 0.3) is 5.91 Å². The van der Waals surface area contributed by atoms with Crippen LogP contribution in [0.25, 0.3) is 0 Å². The van der Waals surface area contributed by atoms with Crippen molar-refractivity contribution in [1.29, 1.82) is 0 Å². The molecule has 3 rings (SSSR count). The van der Waals surface area contributed by atoms with Gasteiger partial charge in [-0.3, -0.25) is 4.79 Å². The monoisotopic (exact) mass is 468 g/mol. The Bertz CT molecular complexity index is 1020. The van der Waals surface area contributed by atoms with E-state index in [1.165, 1.54) is 11.1 Å². The lowest BCUT2D eigenvalue weighted by atomic mass is 10.1. The minimum absolute atomic E-state index is 0.0785. The van der Waals surface area contributed by atoms with E-state index < -0.39 is 0 Å². The van der Waals surface area contributed by atoms with Crippen molar-refractivity contribution in [2.24, 2.45) is 0 Å². The van der Waals surface area contributed by atoms with Gasteiger partial charge >= 0.3 is 0 Å². The fourth-order valence-electron chi connectivity index (χ4n) is 2.84. The third kappa shape index (κ3) is 6.00. The van der Waals surface area contributed by atoms with Crippen LogP contribution in [0.1, 0.15) is 16.7 Å². The number of rotatable bonds is 8. The average Bonchev–Trinajstić information content (AvgIpc) is 2.74. The molecule has 2 N–H and O–H groups in total.